The third-order valence-corrected chi connectivity index (χ3v) is 1.90. The fourth-order valence-electron chi connectivity index (χ4n) is 0.652. The minimum atomic E-state index is -4.28. The number of aromatic nitrogens is 1. The molecule has 0 atom stereocenters. The van der Waals surface area contributed by atoms with Crippen molar-refractivity contribution in [2.75, 3.05) is 5.09 Å². The predicted molar refractivity (Wildman–Crippen MR) is 41.6 cm³/mol. The molecule has 0 unspecified atom stereocenters. The van der Waals surface area contributed by atoms with E-state index in [1.54, 1.807) is 13.8 Å². The lowest BCUT2D eigenvalue weighted by Gasteiger charge is -2.03. The maximum atomic E-state index is 10.5. The second-order valence-corrected chi connectivity index (χ2v) is 3.69. The zero-order valence-electron chi connectivity index (χ0n) is 6.61. The molecule has 6 nitrogen and oxygen atoms in total. The summed E-state index contributed by atoms with van der Waals surface area (Å²) in [4.78, 5) is 17.0. The monoisotopic (exact) mass is 192 g/mol. The molecule has 68 valence electrons. The van der Waals surface area contributed by atoms with Crippen molar-refractivity contribution in [1.82, 2.24) is 5.16 Å². The van der Waals surface area contributed by atoms with Crippen LogP contribution in [0.4, 0.5) is 5.88 Å². The molecule has 1 heterocycles. The Hall–Kier alpha value is -0.840. The van der Waals surface area contributed by atoms with Crippen LogP contribution in [0, 0.1) is 13.8 Å². The van der Waals surface area contributed by atoms with Crippen molar-refractivity contribution in [3.8, 4) is 0 Å². The molecule has 0 saturated heterocycles. The Morgan fingerprint density at radius 1 is 1.50 bits per heavy atom. The summed E-state index contributed by atoms with van der Waals surface area (Å²) < 4.78 is 15.1. The van der Waals surface area contributed by atoms with Crippen LogP contribution in [0.3, 0.4) is 0 Å². The second kappa shape index (κ2) is 2.90. The molecule has 7 heteroatoms. The van der Waals surface area contributed by atoms with E-state index in [9.17, 15) is 4.57 Å². The molecule has 12 heavy (non-hydrogen) atoms. The standard InChI is InChI=1S/C5H9N2O4P/c1-3-4(2)6-11-5(3)7-12(8,9)10/h1-2H3,(H3,7,8,9,10). The second-order valence-electron chi connectivity index (χ2n) is 2.38. The first-order valence-corrected chi connectivity index (χ1v) is 4.78. The number of hydrogen-bond acceptors (Lipinski definition) is 3. The molecule has 0 amide bonds. The zero-order chi connectivity index (χ0) is 9.35. The molecule has 0 fully saturated rings. The fraction of sp³-hybridized carbons (Fsp3) is 0.400. The van der Waals surface area contributed by atoms with Crippen molar-refractivity contribution >= 4 is 13.6 Å². The minimum Gasteiger partial charge on any atom is -0.338 e. The van der Waals surface area contributed by atoms with E-state index in [4.69, 9.17) is 9.79 Å². The third-order valence-electron chi connectivity index (χ3n) is 1.40. The molecule has 0 bridgehead atoms. The Labute approximate surface area is 68.8 Å². The van der Waals surface area contributed by atoms with Gasteiger partial charge in [-0.25, -0.2) is 4.57 Å². The summed E-state index contributed by atoms with van der Waals surface area (Å²) in [6, 6.07) is 0. The molecule has 3 N–H and O–H groups in total. The van der Waals surface area contributed by atoms with Gasteiger partial charge < -0.3 is 14.3 Å². The van der Waals surface area contributed by atoms with Crippen molar-refractivity contribution in [2.45, 2.75) is 13.8 Å². The molecule has 0 aromatic carbocycles. The zero-order valence-corrected chi connectivity index (χ0v) is 7.50. The van der Waals surface area contributed by atoms with Gasteiger partial charge in [0.1, 0.15) is 0 Å². The molecule has 0 radical (unpaired) electrons. The lowest BCUT2D eigenvalue weighted by atomic mass is 10.3. The van der Waals surface area contributed by atoms with Gasteiger partial charge in [-0.1, -0.05) is 5.16 Å². The fourth-order valence-corrected chi connectivity index (χ4v) is 1.12. The van der Waals surface area contributed by atoms with Crippen LogP contribution >= 0.6 is 7.75 Å². The first-order valence-electron chi connectivity index (χ1n) is 3.17. The summed E-state index contributed by atoms with van der Waals surface area (Å²) in [6.07, 6.45) is 0. The number of aryl methyl sites for hydroxylation is 1. The van der Waals surface area contributed by atoms with Gasteiger partial charge in [-0.05, 0) is 13.8 Å². The highest BCUT2D eigenvalue weighted by Gasteiger charge is 2.18. The molecule has 0 aliphatic heterocycles. The minimum absolute atomic E-state index is 0.0147. The number of nitrogens with one attached hydrogen (secondary N) is 1. The summed E-state index contributed by atoms with van der Waals surface area (Å²) in [5.41, 5.74) is 1.20. The highest BCUT2D eigenvalue weighted by molar-refractivity contribution is 7.53. The Balaban J connectivity index is 2.91. The highest BCUT2D eigenvalue weighted by Crippen LogP contribution is 2.36. The Bertz CT molecular complexity index is 328. The van der Waals surface area contributed by atoms with Crippen LogP contribution in [-0.2, 0) is 4.57 Å². The smallest absolute Gasteiger partial charge is 0.338 e. The number of nitrogens with zero attached hydrogens (tertiary/aromatic N) is 1. The van der Waals surface area contributed by atoms with E-state index in [1.165, 1.54) is 0 Å². The van der Waals surface area contributed by atoms with Gasteiger partial charge in [0.15, 0.2) is 0 Å². The maximum Gasteiger partial charge on any atom is 0.429 e. The van der Waals surface area contributed by atoms with Crippen LogP contribution in [0.25, 0.3) is 0 Å². The van der Waals surface area contributed by atoms with Gasteiger partial charge in [-0.3, -0.25) is 5.09 Å². The summed E-state index contributed by atoms with van der Waals surface area (Å²) in [7, 11) is -4.28. The largest absolute Gasteiger partial charge is 0.429 e. The molecule has 0 saturated carbocycles. The molecule has 1 aromatic rings. The Kier molecular flexibility index (Phi) is 2.23. The van der Waals surface area contributed by atoms with Crippen LogP contribution in [0.2, 0.25) is 0 Å². The average Bonchev–Trinajstić information content (AvgIpc) is 2.16. The lowest BCUT2D eigenvalue weighted by molar-refractivity contribution is 0.374. The van der Waals surface area contributed by atoms with Gasteiger partial charge in [-0.2, -0.15) is 0 Å². The van der Waals surface area contributed by atoms with Crippen molar-refractivity contribution < 1.29 is 18.9 Å². The molecule has 1 rings (SSSR count). The Morgan fingerprint density at radius 3 is 2.42 bits per heavy atom. The van der Waals surface area contributed by atoms with Crippen molar-refractivity contribution in [1.29, 1.82) is 0 Å². The number of rotatable bonds is 2. The van der Waals surface area contributed by atoms with E-state index in [-0.39, 0.29) is 5.88 Å². The van der Waals surface area contributed by atoms with E-state index in [2.05, 4.69) is 9.68 Å². The average molecular weight is 192 g/mol. The van der Waals surface area contributed by atoms with Gasteiger partial charge in [-0.15, -0.1) is 0 Å². The molecular formula is C5H9N2O4P. The van der Waals surface area contributed by atoms with E-state index in [0.29, 0.717) is 11.3 Å². The van der Waals surface area contributed by atoms with E-state index >= 15 is 0 Å². The normalized spacial score (nSPS) is 11.7. The molecule has 0 spiro atoms. The SMILES string of the molecule is Cc1noc(NP(=O)(O)O)c1C. The lowest BCUT2D eigenvalue weighted by Crippen LogP contribution is -1.94. The highest BCUT2D eigenvalue weighted by atomic mass is 31.2. The summed E-state index contributed by atoms with van der Waals surface area (Å²) in [5.74, 6) is 0.0147. The summed E-state index contributed by atoms with van der Waals surface area (Å²) in [5, 5.41) is 5.43. The van der Waals surface area contributed by atoms with Crippen LogP contribution in [0.5, 0.6) is 0 Å². The van der Waals surface area contributed by atoms with Crippen molar-refractivity contribution in [2.24, 2.45) is 0 Å². The summed E-state index contributed by atoms with van der Waals surface area (Å²) in [6.45, 7) is 3.34. The van der Waals surface area contributed by atoms with Crippen LogP contribution in [0.15, 0.2) is 4.52 Å². The van der Waals surface area contributed by atoms with E-state index in [0.717, 1.165) is 0 Å². The molecular weight excluding hydrogens is 183 g/mol. The van der Waals surface area contributed by atoms with Gasteiger partial charge in [0.2, 0.25) is 5.88 Å². The summed E-state index contributed by atoms with van der Waals surface area (Å²) >= 11 is 0. The number of hydrogen-bond donors (Lipinski definition) is 3. The van der Waals surface area contributed by atoms with Gasteiger partial charge in [0.05, 0.1) is 5.69 Å². The molecule has 1 aromatic heterocycles. The third kappa shape index (κ3) is 2.07. The van der Waals surface area contributed by atoms with Crippen molar-refractivity contribution in [3.63, 3.8) is 0 Å². The van der Waals surface area contributed by atoms with Crippen LogP contribution < -0.4 is 5.09 Å². The predicted octanol–water partition coefficient (Wildman–Crippen LogP) is 0.796. The van der Waals surface area contributed by atoms with Crippen LogP contribution in [-0.4, -0.2) is 14.9 Å². The first kappa shape index (κ1) is 9.25. The van der Waals surface area contributed by atoms with E-state index in [1.807, 2.05) is 5.09 Å². The topological polar surface area (TPSA) is 95.6 Å². The first-order chi connectivity index (χ1) is 5.40. The molecule has 0 aliphatic carbocycles. The number of anilines is 1. The van der Waals surface area contributed by atoms with E-state index < -0.39 is 7.75 Å². The molecule has 0 aliphatic rings. The Morgan fingerprint density at radius 2 is 2.08 bits per heavy atom. The van der Waals surface area contributed by atoms with Crippen molar-refractivity contribution in [3.05, 3.63) is 11.3 Å². The quantitative estimate of drug-likeness (QED) is 0.599. The van der Waals surface area contributed by atoms with Gasteiger partial charge in [0.25, 0.3) is 0 Å². The van der Waals surface area contributed by atoms with Gasteiger partial charge >= 0.3 is 7.75 Å². The maximum absolute atomic E-state index is 10.5. The van der Waals surface area contributed by atoms with Gasteiger partial charge in [0, 0.05) is 5.56 Å². The van der Waals surface area contributed by atoms with Crippen LogP contribution in [0.1, 0.15) is 11.3 Å².